The van der Waals surface area contributed by atoms with Crippen LogP contribution in [0.1, 0.15) is 12.8 Å². The van der Waals surface area contributed by atoms with E-state index in [1.165, 1.54) is 18.2 Å². The highest BCUT2D eigenvalue weighted by molar-refractivity contribution is 5.32. The van der Waals surface area contributed by atoms with Gasteiger partial charge in [-0.1, -0.05) is 30.1 Å². The van der Waals surface area contributed by atoms with Gasteiger partial charge < -0.3 is 45.2 Å². The molecule has 0 aromatic rings. The lowest BCUT2D eigenvalue weighted by Crippen LogP contribution is -2.60. The van der Waals surface area contributed by atoms with E-state index in [-0.39, 0.29) is 13.2 Å². The molecule has 0 aliphatic carbocycles. The van der Waals surface area contributed by atoms with Crippen LogP contribution in [0.25, 0.3) is 0 Å². The molecule has 9 heteroatoms. The molecule has 0 bridgehead atoms. The molecule has 29 heavy (non-hydrogen) atoms. The Morgan fingerprint density at radius 2 is 1.76 bits per heavy atom. The molecule has 0 saturated carbocycles. The molecule has 7 atom stereocenters. The van der Waals surface area contributed by atoms with Crippen molar-refractivity contribution < 1.29 is 45.2 Å². The van der Waals surface area contributed by atoms with E-state index >= 15 is 0 Å². The van der Waals surface area contributed by atoms with E-state index in [0.717, 1.165) is 0 Å². The summed E-state index contributed by atoms with van der Waals surface area (Å²) in [5, 5.41) is 66.8. The summed E-state index contributed by atoms with van der Waals surface area (Å²) in [7, 11) is 0. The van der Waals surface area contributed by atoms with E-state index in [0.29, 0.717) is 12.8 Å². The number of rotatable bonds is 9. The predicted molar refractivity (Wildman–Crippen MR) is 102 cm³/mol. The van der Waals surface area contributed by atoms with Gasteiger partial charge in [-0.3, -0.25) is 0 Å². The summed E-state index contributed by atoms with van der Waals surface area (Å²) < 4.78 is 10.8. The maximum atomic E-state index is 10.3. The van der Waals surface area contributed by atoms with Crippen molar-refractivity contribution in [3.05, 3.63) is 24.3 Å². The normalized spacial score (nSPS) is 29.1. The van der Waals surface area contributed by atoms with Crippen molar-refractivity contribution in [2.24, 2.45) is 0 Å². The van der Waals surface area contributed by atoms with Crippen molar-refractivity contribution in [2.75, 3.05) is 19.8 Å². The third kappa shape index (κ3) is 8.64. The molecular weight excluding hydrogens is 384 g/mol. The van der Waals surface area contributed by atoms with Gasteiger partial charge in [0.25, 0.3) is 0 Å². The minimum Gasteiger partial charge on any atom is -0.396 e. The Labute approximate surface area is 169 Å². The Balaban J connectivity index is 2.90. The zero-order valence-corrected chi connectivity index (χ0v) is 15.8. The zero-order valence-electron chi connectivity index (χ0n) is 15.8. The number of hydrogen-bond donors (Lipinski definition) is 7. The zero-order chi connectivity index (χ0) is 21.6. The molecule has 1 aliphatic rings. The number of allylic oxidation sites excluding steroid dienone is 2. The van der Waals surface area contributed by atoms with E-state index < -0.39 is 49.5 Å². The van der Waals surface area contributed by atoms with Gasteiger partial charge >= 0.3 is 0 Å². The standard InChI is InChI=1S/C20H28O9/c21-11-7-3-1-2-5-9-14(24)15(10-6-4-8-12-22)28-20-19(27)18(26)17(25)16(13-23)29-20/h3,6-7,10,14-27H,4,8,11-13H2/b7-3+,10-6+/t14-,15+,16-,17-,18+,19-,20-/m1/s1. The Morgan fingerprint density at radius 3 is 2.41 bits per heavy atom. The largest absolute Gasteiger partial charge is 0.396 e. The average molecular weight is 412 g/mol. The lowest BCUT2D eigenvalue weighted by molar-refractivity contribution is -0.311. The van der Waals surface area contributed by atoms with Crippen LogP contribution in [0, 0.1) is 23.7 Å². The van der Waals surface area contributed by atoms with Crippen LogP contribution in [0.5, 0.6) is 0 Å². The summed E-state index contributed by atoms with van der Waals surface area (Å²) in [6, 6.07) is 0. The van der Waals surface area contributed by atoms with Gasteiger partial charge in [0.2, 0.25) is 0 Å². The van der Waals surface area contributed by atoms with Gasteiger partial charge in [0.05, 0.1) is 13.2 Å². The van der Waals surface area contributed by atoms with Crippen LogP contribution in [0.2, 0.25) is 0 Å². The van der Waals surface area contributed by atoms with E-state index in [1.54, 1.807) is 6.08 Å². The van der Waals surface area contributed by atoms with Crippen LogP contribution < -0.4 is 0 Å². The van der Waals surface area contributed by atoms with Crippen LogP contribution in [0.4, 0.5) is 0 Å². The highest BCUT2D eigenvalue weighted by Crippen LogP contribution is 2.23. The maximum absolute atomic E-state index is 10.3. The number of aliphatic hydroxyl groups is 7. The Kier molecular flexibility index (Phi) is 12.4. The molecule has 1 heterocycles. The highest BCUT2D eigenvalue weighted by Gasteiger charge is 2.45. The third-order valence-corrected chi connectivity index (χ3v) is 3.97. The summed E-state index contributed by atoms with van der Waals surface area (Å²) in [4.78, 5) is 0. The second kappa shape index (κ2) is 14.3. The van der Waals surface area contributed by atoms with Gasteiger partial charge in [-0.25, -0.2) is 0 Å². The van der Waals surface area contributed by atoms with Crippen molar-refractivity contribution in [1.29, 1.82) is 0 Å². The summed E-state index contributed by atoms with van der Waals surface area (Å²) in [6.07, 6.45) is -2.88. The smallest absolute Gasteiger partial charge is 0.187 e. The predicted octanol–water partition coefficient (Wildman–Crippen LogP) is -2.58. The lowest BCUT2D eigenvalue weighted by atomic mass is 9.99. The molecule has 0 aromatic heterocycles. The van der Waals surface area contributed by atoms with Gasteiger partial charge in [0.15, 0.2) is 6.29 Å². The molecule has 1 saturated heterocycles. The first kappa shape index (κ1) is 25.3. The van der Waals surface area contributed by atoms with Gasteiger partial charge in [-0.15, -0.1) is 0 Å². The average Bonchev–Trinajstić information content (AvgIpc) is 2.72. The molecule has 1 aliphatic heterocycles. The molecule has 1 fully saturated rings. The third-order valence-electron chi connectivity index (χ3n) is 3.97. The topological polar surface area (TPSA) is 160 Å². The van der Waals surface area contributed by atoms with Crippen molar-refractivity contribution in [1.82, 2.24) is 0 Å². The molecule has 0 aromatic carbocycles. The first-order chi connectivity index (χ1) is 14.0. The summed E-state index contributed by atoms with van der Waals surface area (Å²) >= 11 is 0. The monoisotopic (exact) mass is 412 g/mol. The van der Waals surface area contributed by atoms with Crippen LogP contribution in [0.15, 0.2) is 24.3 Å². The van der Waals surface area contributed by atoms with E-state index in [9.17, 15) is 25.5 Å². The van der Waals surface area contributed by atoms with Crippen molar-refractivity contribution >= 4 is 0 Å². The molecule has 7 N–H and O–H groups in total. The maximum Gasteiger partial charge on any atom is 0.187 e. The van der Waals surface area contributed by atoms with Crippen molar-refractivity contribution in [3.8, 4) is 23.7 Å². The van der Waals surface area contributed by atoms with Crippen LogP contribution in [-0.4, -0.2) is 98.5 Å². The van der Waals surface area contributed by atoms with Gasteiger partial charge in [-0.05, 0) is 30.8 Å². The van der Waals surface area contributed by atoms with Gasteiger partial charge in [0, 0.05) is 6.61 Å². The first-order valence-corrected chi connectivity index (χ1v) is 9.14. The SMILES string of the molecule is OC/C=C/C#CC#C[C@@H](O)[C@H](/C=C/CCCO)O[C@@H]1O[C@H](CO)[C@@H](O)[C@H](O)[C@H]1O. The van der Waals surface area contributed by atoms with Gasteiger partial charge in [-0.2, -0.15) is 0 Å². The molecule has 0 spiro atoms. The minimum absolute atomic E-state index is 0.0120. The molecule has 0 radical (unpaired) electrons. The second-order valence-electron chi connectivity index (χ2n) is 6.16. The molecule has 1 rings (SSSR count). The molecule has 0 unspecified atom stereocenters. The number of hydrogen-bond acceptors (Lipinski definition) is 9. The quantitative estimate of drug-likeness (QED) is 0.123. The Bertz CT molecular complexity index is 638. The molecule has 9 nitrogen and oxygen atoms in total. The Morgan fingerprint density at radius 1 is 1.00 bits per heavy atom. The van der Waals surface area contributed by atoms with Crippen LogP contribution in [0.3, 0.4) is 0 Å². The summed E-state index contributed by atoms with van der Waals surface area (Å²) in [5.74, 6) is 9.88. The minimum atomic E-state index is -1.62. The molecule has 0 amide bonds. The van der Waals surface area contributed by atoms with Crippen molar-refractivity contribution in [3.63, 3.8) is 0 Å². The summed E-state index contributed by atoms with van der Waals surface area (Å²) in [5.41, 5.74) is 0. The fourth-order valence-electron chi connectivity index (χ4n) is 2.38. The van der Waals surface area contributed by atoms with Crippen LogP contribution in [-0.2, 0) is 9.47 Å². The van der Waals surface area contributed by atoms with Crippen LogP contribution >= 0.6 is 0 Å². The fourth-order valence-corrected chi connectivity index (χ4v) is 2.38. The second-order valence-corrected chi connectivity index (χ2v) is 6.16. The first-order valence-electron chi connectivity index (χ1n) is 9.14. The number of aliphatic hydroxyl groups excluding tert-OH is 7. The van der Waals surface area contributed by atoms with Gasteiger partial charge in [0.1, 0.15) is 36.6 Å². The molecule has 162 valence electrons. The summed E-state index contributed by atoms with van der Waals surface area (Å²) in [6.45, 7) is -0.776. The molecular formula is C20H28O9. The number of unbranched alkanes of at least 4 members (excludes halogenated alkanes) is 1. The van der Waals surface area contributed by atoms with E-state index in [4.69, 9.17) is 19.7 Å². The lowest BCUT2D eigenvalue weighted by Gasteiger charge is -2.40. The Hall–Kier alpha value is -1.76. The van der Waals surface area contributed by atoms with E-state index in [2.05, 4.69) is 23.7 Å². The fraction of sp³-hybridized carbons (Fsp3) is 0.600. The van der Waals surface area contributed by atoms with Crippen molar-refractivity contribution in [2.45, 2.75) is 55.8 Å². The van der Waals surface area contributed by atoms with E-state index in [1.807, 2.05) is 0 Å². The highest BCUT2D eigenvalue weighted by atomic mass is 16.7. The number of ether oxygens (including phenoxy) is 2.